The van der Waals surface area contributed by atoms with Gasteiger partial charge in [-0.1, -0.05) is 6.07 Å². The van der Waals surface area contributed by atoms with E-state index in [4.69, 9.17) is 4.98 Å². The number of piperazine rings is 2. The van der Waals surface area contributed by atoms with Crippen molar-refractivity contribution in [2.75, 3.05) is 131 Å². The smallest absolute Gasteiger partial charge is 0.0547 e. The zero-order valence-electron chi connectivity index (χ0n) is 22.4. The van der Waals surface area contributed by atoms with Crippen LogP contribution in [-0.4, -0.2) is 165 Å². The average molecular weight is 500 g/mol. The molecule has 4 bridgehead atoms. The van der Waals surface area contributed by atoms with E-state index >= 15 is 0 Å². The Morgan fingerprint density at radius 3 is 1.28 bits per heavy atom. The second kappa shape index (κ2) is 14.1. The lowest BCUT2D eigenvalue weighted by Crippen LogP contribution is -2.51. The third kappa shape index (κ3) is 8.43. The fraction of sp³-hybridized carbons (Fsp3) is 0.815. The molecule has 2 N–H and O–H groups in total. The first-order valence-corrected chi connectivity index (χ1v) is 14.5. The van der Waals surface area contributed by atoms with Crippen molar-refractivity contribution in [2.24, 2.45) is 0 Å². The molecule has 0 aromatic carbocycles. The van der Waals surface area contributed by atoms with Gasteiger partial charge < -0.3 is 10.6 Å². The first kappa shape index (κ1) is 26.4. The summed E-state index contributed by atoms with van der Waals surface area (Å²) in [5.41, 5.74) is 2.43. The topological polar surface area (TPSA) is 56.4 Å². The predicted molar refractivity (Wildman–Crippen MR) is 146 cm³/mol. The highest BCUT2D eigenvalue weighted by Crippen LogP contribution is 2.10. The first-order valence-electron chi connectivity index (χ1n) is 14.5. The molecule has 202 valence electrons. The van der Waals surface area contributed by atoms with Crippen molar-refractivity contribution in [1.29, 1.82) is 0 Å². The predicted octanol–water partition coefficient (Wildman–Crippen LogP) is -0.873. The summed E-state index contributed by atoms with van der Waals surface area (Å²) in [4.78, 5) is 20.9. The quantitative estimate of drug-likeness (QED) is 0.551. The molecule has 0 aliphatic carbocycles. The number of fused-ring (bicyclic) bond motifs is 18. The fourth-order valence-electron chi connectivity index (χ4n) is 5.94. The lowest BCUT2D eigenvalue weighted by atomic mass is 10.2. The van der Waals surface area contributed by atoms with Gasteiger partial charge in [-0.05, 0) is 12.1 Å². The summed E-state index contributed by atoms with van der Waals surface area (Å²) in [6, 6.07) is 6.67. The Morgan fingerprint density at radius 1 is 0.472 bits per heavy atom. The monoisotopic (exact) mass is 499 g/mol. The van der Waals surface area contributed by atoms with Crippen LogP contribution in [0.1, 0.15) is 11.4 Å². The Bertz CT molecular complexity index is 697. The van der Waals surface area contributed by atoms with E-state index in [9.17, 15) is 0 Å². The maximum absolute atomic E-state index is 5.15. The van der Waals surface area contributed by atoms with Crippen molar-refractivity contribution in [2.45, 2.75) is 13.1 Å². The summed E-state index contributed by atoms with van der Waals surface area (Å²) < 4.78 is 0. The van der Waals surface area contributed by atoms with Gasteiger partial charge in [0.1, 0.15) is 0 Å². The third-order valence-electron chi connectivity index (χ3n) is 8.45. The van der Waals surface area contributed by atoms with Gasteiger partial charge in [0.15, 0.2) is 0 Å². The van der Waals surface area contributed by atoms with Gasteiger partial charge in [-0.2, -0.15) is 0 Å². The normalized spacial score (nSPS) is 32.2. The second-order valence-electron chi connectivity index (χ2n) is 11.0. The van der Waals surface area contributed by atoms with Crippen LogP contribution in [0.3, 0.4) is 0 Å². The van der Waals surface area contributed by atoms with Crippen molar-refractivity contribution >= 4 is 0 Å². The number of aromatic nitrogens is 1. The molecule has 36 heavy (non-hydrogen) atoms. The van der Waals surface area contributed by atoms with E-state index < -0.39 is 0 Å². The SMILES string of the molecule is c1cc(CN2CCNCCN3CCN(CC3)CC2)nc(CN2CCNCCN3CCN(CC3)CC2)c1. The van der Waals surface area contributed by atoms with Crippen LogP contribution >= 0.6 is 0 Å². The highest BCUT2D eigenvalue weighted by atomic mass is 15.3. The molecule has 6 aliphatic rings. The summed E-state index contributed by atoms with van der Waals surface area (Å²) in [5, 5.41) is 7.34. The van der Waals surface area contributed by atoms with Crippen LogP contribution in [-0.2, 0) is 13.1 Å². The van der Waals surface area contributed by atoms with Gasteiger partial charge in [0.05, 0.1) is 11.4 Å². The number of rotatable bonds is 4. The lowest BCUT2D eigenvalue weighted by Gasteiger charge is -2.37. The van der Waals surface area contributed by atoms with Crippen molar-refractivity contribution in [1.82, 2.24) is 45.0 Å². The van der Waals surface area contributed by atoms with Crippen molar-refractivity contribution in [3.63, 3.8) is 0 Å². The molecule has 0 spiro atoms. The van der Waals surface area contributed by atoms with Gasteiger partial charge in [0, 0.05) is 144 Å². The van der Waals surface area contributed by atoms with Crippen LogP contribution < -0.4 is 10.6 Å². The average Bonchev–Trinajstić information content (AvgIpc) is 2.89. The fourth-order valence-corrected chi connectivity index (χ4v) is 5.94. The Balaban J connectivity index is 1.16. The van der Waals surface area contributed by atoms with Crippen molar-refractivity contribution in [3.05, 3.63) is 29.6 Å². The van der Waals surface area contributed by atoms with Crippen molar-refractivity contribution in [3.8, 4) is 0 Å². The van der Waals surface area contributed by atoms with Gasteiger partial charge >= 0.3 is 0 Å². The van der Waals surface area contributed by atoms with Crippen molar-refractivity contribution < 1.29 is 0 Å². The van der Waals surface area contributed by atoms with E-state index in [1.165, 1.54) is 89.9 Å². The molecule has 6 fully saturated rings. The Morgan fingerprint density at radius 2 is 0.833 bits per heavy atom. The van der Waals surface area contributed by atoms with E-state index in [-0.39, 0.29) is 0 Å². The second-order valence-corrected chi connectivity index (χ2v) is 11.0. The molecule has 0 unspecified atom stereocenters. The molecule has 6 saturated heterocycles. The number of nitrogens with zero attached hydrogens (tertiary/aromatic N) is 7. The number of pyridine rings is 1. The minimum atomic E-state index is 0.946. The van der Waals surface area contributed by atoms with Crippen LogP contribution in [0.5, 0.6) is 0 Å². The molecule has 7 rings (SSSR count). The molecule has 6 aliphatic heterocycles. The van der Waals surface area contributed by atoms with Crippen LogP contribution in [0.15, 0.2) is 18.2 Å². The van der Waals surface area contributed by atoms with Gasteiger partial charge in [0.2, 0.25) is 0 Å². The summed E-state index contributed by atoms with van der Waals surface area (Å²) in [5.74, 6) is 0. The zero-order chi connectivity index (χ0) is 24.4. The van der Waals surface area contributed by atoms with Crippen LogP contribution in [0, 0.1) is 0 Å². The van der Waals surface area contributed by atoms with E-state index in [1.807, 2.05) is 0 Å². The van der Waals surface area contributed by atoms with Gasteiger partial charge in [-0.15, -0.1) is 0 Å². The van der Waals surface area contributed by atoms with E-state index in [1.54, 1.807) is 0 Å². The standard InChI is InChI=1S/C27H49N9/c1-2-26(24-35-10-6-28-4-8-31-12-16-33(17-13-31)20-22-35)30-27(3-1)25-36-11-7-29-5-9-32-14-18-34(19-15-32)21-23-36/h1-3,28-29H,4-25H2. The van der Waals surface area contributed by atoms with E-state index in [0.717, 1.165) is 65.4 Å². The molecule has 1 aromatic rings. The summed E-state index contributed by atoms with van der Waals surface area (Å²) >= 11 is 0. The van der Waals surface area contributed by atoms with E-state index in [0.29, 0.717) is 0 Å². The van der Waals surface area contributed by atoms with Crippen LogP contribution in [0.25, 0.3) is 0 Å². The molecular formula is C27H49N9. The molecule has 7 heterocycles. The number of hydrogen-bond donors (Lipinski definition) is 2. The minimum Gasteiger partial charge on any atom is -0.314 e. The Labute approximate surface area is 218 Å². The third-order valence-corrected chi connectivity index (χ3v) is 8.45. The first-order chi connectivity index (χ1) is 17.8. The van der Waals surface area contributed by atoms with Crippen LogP contribution in [0.2, 0.25) is 0 Å². The van der Waals surface area contributed by atoms with Gasteiger partial charge in [-0.3, -0.25) is 34.4 Å². The largest absolute Gasteiger partial charge is 0.314 e. The molecule has 0 atom stereocenters. The number of nitrogens with one attached hydrogen (secondary N) is 2. The molecule has 9 nitrogen and oxygen atoms in total. The molecular weight excluding hydrogens is 450 g/mol. The maximum Gasteiger partial charge on any atom is 0.0547 e. The Hall–Kier alpha value is -1.17. The van der Waals surface area contributed by atoms with Crippen LogP contribution in [0.4, 0.5) is 0 Å². The molecule has 9 heteroatoms. The molecule has 0 saturated carbocycles. The molecule has 1 aromatic heterocycles. The maximum atomic E-state index is 5.15. The molecule has 0 amide bonds. The summed E-state index contributed by atoms with van der Waals surface area (Å²) in [6.45, 7) is 25.0. The zero-order valence-corrected chi connectivity index (χ0v) is 22.4. The minimum absolute atomic E-state index is 0.946. The van der Waals surface area contributed by atoms with E-state index in [2.05, 4.69) is 58.2 Å². The summed E-state index contributed by atoms with van der Waals surface area (Å²) in [7, 11) is 0. The highest BCUT2D eigenvalue weighted by molar-refractivity contribution is 5.11. The molecule has 0 radical (unpaired) electrons. The van der Waals surface area contributed by atoms with Gasteiger partial charge in [0.25, 0.3) is 0 Å². The van der Waals surface area contributed by atoms with Gasteiger partial charge in [-0.25, -0.2) is 0 Å². The summed E-state index contributed by atoms with van der Waals surface area (Å²) in [6.07, 6.45) is 0. The Kier molecular flexibility index (Phi) is 10.4. The number of hydrogen-bond acceptors (Lipinski definition) is 9. The lowest BCUT2D eigenvalue weighted by molar-refractivity contribution is 0.111. The highest BCUT2D eigenvalue weighted by Gasteiger charge is 2.20.